The van der Waals surface area contributed by atoms with Crippen LogP contribution < -0.4 is 10.5 Å². The first-order valence-corrected chi connectivity index (χ1v) is 13.0. The predicted octanol–water partition coefficient (Wildman–Crippen LogP) is 3.13. The predicted molar refractivity (Wildman–Crippen MR) is 134 cm³/mol. The van der Waals surface area contributed by atoms with E-state index in [9.17, 15) is 31.2 Å². The second-order valence-electron chi connectivity index (χ2n) is 8.57. The number of fused-ring (bicyclic) bond motifs is 1. The van der Waals surface area contributed by atoms with Crippen molar-refractivity contribution in [2.24, 2.45) is 5.73 Å². The summed E-state index contributed by atoms with van der Waals surface area (Å²) < 4.78 is 69.5. The van der Waals surface area contributed by atoms with Gasteiger partial charge in [-0.25, -0.2) is 18.1 Å². The zero-order valence-corrected chi connectivity index (χ0v) is 21.2. The molecular weight excluding hydrogens is 537 g/mol. The molecule has 0 aliphatic rings. The normalized spacial score (nSPS) is 11.8. The van der Waals surface area contributed by atoms with Gasteiger partial charge < -0.3 is 5.73 Å². The topological polar surface area (TPSA) is 161 Å². The van der Waals surface area contributed by atoms with Crippen molar-refractivity contribution in [1.82, 2.24) is 19.5 Å². The van der Waals surface area contributed by atoms with E-state index in [0.717, 1.165) is 4.68 Å². The lowest BCUT2D eigenvalue weighted by atomic mass is 9.92. The largest absolute Gasteiger partial charge is 0.435 e. The van der Waals surface area contributed by atoms with E-state index in [1.54, 1.807) is 16.9 Å². The smallest absolute Gasteiger partial charge is 0.366 e. The first-order valence-electron chi connectivity index (χ1n) is 11.1. The number of carbonyl (C=O) groups is 2. The number of nitrogens with zero attached hydrogens (tertiary/aromatic N) is 4. The average molecular weight is 557 g/mol. The molecule has 0 bridgehead atoms. The van der Waals surface area contributed by atoms with Crippen LogP contribution in [0.2, 0.25) is 0 Å². The maximum Gasteiger partial charge on any atom is 0.435 e. The van der Waals surface area contributed by atoms with Crippen LogP contribution in [0.4, 0.5) is 13.2 Å². The molecule has 3 N–H and O–H groups in total. The summed E-state index contributed by atoms with van der Waals surface area (Å²) in [6, 6.07) is 13.8. The third-order valence-electron chi connectivity index (χ3n) is 5.77. The van der Waals surface area contributed by atoms with Gasteiger partial charge in [-0.05, 0) is 30.7 Å². The molecule has 2 aromatic heterocycles. The van der Waals surface area contributed by atoms with Crippen molar-refractivity contribution in [3.8, 4) is 17.2 Å². The number of rotatable bonds is 6. The lowest BCUT2D eigenvalue weighted by Gasteiger charge is -2.17. The van der Waals surface area contributed by atoms with E-state index in [0.29, 0.717) is 17.4 Å². The number of nitrogens with two attached hydrogens (primary N) is 1. The van der Waals surface area contributed by atoms with Crippen molar-refractivity contribution in [3.63, 3.8) is 0 Å². The quantitative estimate of drug-likeness (QED) is 0.369. The lowest BCUT2D eigenvalue weighted by Crippen LogP contribution is -2.31. The number of halogens is 3. The summed E-state index contributed by atoms with van der Waals surface area (Å²) >= 11 is 0. The molecule has 2 aromatic carbocycles. The molecule has 0 aliphatic heterocycles. The first-order chi connectivity index (χ1) is 18.2. The Morgan fingerprint density at radius 1 is 1.10 bits per heavy atom. The van der Waals surface area contributed by atoms with E-state index in [-0.39, 0.29) is 23.1 Å². The van der Waals surface area contributed by atoms with Crippen molar-refractivity contribution < 1.29 is 31.2 Å². The molecule has 0 aliphatic carbocycles. The fourth-order valence-corrected chi connectivity index (χ4v) is 4.58. The van der Waals surface area contributed by atoms with E-state index < -0.39 is 56.1 Å². The maximum atomic E-state index is 14.4. The second-order valence-corrected chi connectivity index (χ2v) is 10.3. The molecule has 4 rings (SSSR count). The van der Waals surface area contributed by atoms with Crippen LogP contribution in [-0.4, -0.2) is 41.3 Å². The molecule has 0 radical (unpaired) electrons. The third-order valence-corrected chi connectivity index (χ3v) is 6.33. The summed E-state index contributed by atoms with van der Waals surface area (Å²) in [4.78, 5) is 29.9. The van der Waals surface area contributed by atoms with Crippen LogP contribution in [-0.2, 0) is 22.7 Å². The van der Waals surface area contributed by atoms with Gasteiger partial charge in [-0.1, -0.05) is 30.3 Å². The van der Waals surface area contributed by atoms with Gasteiger partial charge in [0, 0.05) is 22.2 Å². The average Bonchev–Trinajstić information content (AvgIpc) is 3.18. The molecule has 0 saturated heterocycles. The summed E-state index contributed by atoms with van der Waals surface area (Å²) in [6.45, 7) is 1.15. The fourth-order valence-electron chi connectivity index (χ4n) is 4.15. The zero-order valence-electron chi connectivity index (χ0n) is 20.4. The number of sulfonamides is 1. The van der Waals surface area contributed by atoms with E-state index in [1.807, 2.05) is 6.07 Å². The Labute approximate surface area is 219 Å². The van der Waals surface area contributed by atoms with Crippen LogP contribution >= 0.6 is 0 Å². The highest BCUT2D eigenvalue weighted by atomic mass is 32.2. The molecule has 0 unspecified atom stereocenters. The van der Waals surface area contributed by atoms with Crippen molar-refractivity contribution >= 4 is 32.7 Å². The number of hydrogen-bond acceptors (Lipinski definition) is 7. The van der Waals surface area contributed by atoms with Gasteiger partial charge in [0.2, 0.25) is 15.9 Å². The summed E-state index contributed by atoms with van der Waals surface area (Å²) in [6.07, 6.45) is -4.37. The molecule has 2 amide bonds. The Balaban J connectivity index is 2.08. The minimum atomic E-state index is -5.05. The van der Waals surface area contributed by atoms with Crippen LogP contribution in [0.15, 0.2) is 48.5 Å². The van der Waals surface area contributed by atoms with E-state index in [4.69, 9.17) is 11.0 Å². The van der Waals surface area contributed by atoms with Crippen molar-refractivity contribution in [1.29, 1.82) is 5.26 Å². The molecule has 4 aromatic rings. The van der Waals surface area contributed by atoms with E-state index in [2.05, 4.69) is 10.1 Å². The standard InChI is InChI=1S/C25H19F3N6O4S/c1-13-18(22(25(26,27)28)32-34(13)12-15-9-7-14(11-29)8-10-15)20-19(23(30)35)16-5-3-4-6-17(16)31-21(20)24(36)33-39(2,37)38/h3-10H,12H2,1-2H3,(H2,30,35)(H,33,36). The Kier molecular flexibility index (Phi) is 6.88. The number of para-hydroxylation sites is 1. The van der Waals surface area contributed by atoms with Crippen molar-refractivity contribution in [2.75, 3.05) is 6.26 Å². The molecular formula is C25H19F3N6O4S. The minimum Gasteiger partial charge on any atom is -0.366 e. The SMILES string of the molecule is Cc1c(-c2c(C(=O)NS(C)(=O)=O)nc3ccccc3c2C(N)=O)c(C(F)(F)F)nn1Cc1ccc(C#N)cc1. The van der Waals surface area contributed by atoms with E-state index >= 15 is 0 Å². The molecule has 0 saturated carbocycles. The third kappa shape index (κ3) is 5.43. The lowest BCUT2D eigenvalue weighted by molar-refractivity contribution is -0.141. The number of primary amides is 1. The highest BCUT2D eigenvalue weighted by Crippen LogP contribution is 2.42. The van der Waals surface area contributed by atoms with Crippen LogP contribution in [0.3, 0.4) is 0 Å². The number of pyridine rings is 1. The second kappa shape index (κ2) is 9.84. The summed E-state index contributed by atoms with van der Waals surface area (Å²) in [5.74, 6) is -2.52. The van der Waals surface area contributed by atoms with Gasteiger partial charge in [0.1, 0.15) is 5.69 Å². The number of amides is 2. The molecule has 10 nitrogen and oxygen atoms in total. The van der Waals surface area contributed by atoms with Gasteiger partial charge in [-0.2, -0.15) is 23.5 Å². The van der Waals surface area contributed by atoms with Gasteiger partial charge in [-0.15, -0.1) is 0 Å². The van der Waals surface area contributed by atoms with Crippen molar-refractivity contribution in [2.45, 2.75) is 19.6 Å². The number of benzene rings is 2. The van der Waals surface area contributed by atoms with Gasteiger partial charge in [0.05, 0.1) is 35.5 Å². The van der Waals surface area contributed by atoms with Crippen LogP contribution in [0.1, 0.15) is 43.4 Å². The first kappa shape index (κ1) is 27.3. The molecule has 0 atom stereocenters. The Bertz CT molecular complexity index is 1790. The summed E-state index contributed by atoms with van der Waals surface area (Å²) in [5.41, 5.74) is 2.55. The Morgan fingerprint density at radius 3 is 2.31 bits per heavy atom. The number of hydrogen-bond donors (Lipinski definition) is 2. The molecule has 2 heterocycles. The van der Waals surface area contributed by atoms with Crippen LogP contribution in [0.5, 0.6) is 0 Å². The molecule has 39 heavy (non-hydrogen) atoms. The molecule has 0 spiro atoms. The Hall–Kier alpha value is -4.77. The summed E-state index contributed by atoms with van der Waals surface area (Å²) in [7, 11) is -4.17. The van der Waals surface area contributed by atoms with E-state index in [1.165, 1.54) is 43.3 Å². The number of aromatic nitrogens is 3. The van der Waals surface area contributed by atoms with Gasteiger partial charge >= 0.3 is 6.18 Å². The van der Waals surface area contributed by atoms with Crippen molar-refractivity contribution in [3.05, 3.63) is 82.3 Å². The van der Waals surface area contributed by atoms with Crippen LogP contribution in [0, 0.1) is 18.3 Å². The molecule has 14 heteroatoms. The number of carbonyl (C=O) groups excluding carboxylic acids is 2. The minimum absolute atomic E-state index is 0.0323. The number of alkyl halides is 3. The summed E-state index contributed by atoms with van der Waals surface area (Å²) in [5, 5.41) is 12.8. The number of nitriles is 1. The van der Waals surface area contributed by atoms with Gasteiger partial charge in [-0.3, -0.25) is 14.3 Å². The fraction of sp³-hybridized carbons (Fsp3) is 0.160. The maximum absolute atomic E-state index is 14.4. The van der Waals surface area contributed by atoms with Gasteiger partial charge in [0.15, 0.2) is 5.69 Å². The zero-order chi connectivity index (χ0) is 28.7. The highest BCUT2D eigenvalue weighted by molar-refractivity contribution is 7.89. The molecule has 0 fully saturated rings. The highest BCUT2D eigenvalue weighted by Gasteiger charge is 2.41. The molecule has 200 valence electrons. The van der Waals surface area contributed by atoms with Crippen LogP contribution in [0.25, 0.3) is 22.0 Å². The Morgan fingerprint density at radius 2 is 1.74 bits per heavy atom. The van der Waals surface area contributed by atoms with Gasteiger partial charge in [0.25, 0.3) is 5.91 Å². The number of nitrogens with one attached hydrogen (secondary N) is 1. The monoisotopic (exact) mass is 556 g/mol.